The van der Waals surface area contributed by atoms with E-state index >= 15 is 0 Å². The number of carboxylic acids is 3. The molecule has 0 aliphatic carbocycles. The monoisotopic (exact) mass is 1600 g/mol. The van der Waals surface area contributed by atoms with Crippen LogP contribution in [0.2, 0.25) is 0 Å². The Morgan fingerprint density at radius 3 is 1.20 bits per heavy atom. The van der Waals surface area contributed by atoms with Crippen LogP contribution < -0.4 is 75.7 Å². The third-order valence-electron chi connectivity index (χ3n) is 18.8. The summed E-state index contributed by atoms with van der Waals surface area (Å²) >= 11 is 0. The molecule has 0 aromatic heterocycles. The highest BCUT2D eigenvalue weighted by molar-refractivity contribution is 6.01. The van der Waals surface area contributed by atoms with E-state index in [0.29, 0.717) is 11.1 Å². The van der Waals surface area contributed by atoms with Gasteiger partial charge in [-0.2, -0.15) is 0 Å². The highest BCUT2D eigenvalue weighted by Gasteiger charge is 2.42. The van der Waals surface area contributed by atoms with Crippen LogP contribution in [0, 0.1) is 23.7 Å². The molecule has 14 atom stereocenters. The number of hydrogen-bond donors (Lipinski definition) is 18. The molecule has 14 amide bonds. The van der Waals surface area contributed by atoms with E-state index in [1.165, 1.54) is 6.92 Å². The summed E-state index contributed by atoms with van der Waals surface area (Å²) in [6, 6.07) is 6.26. The Kier molecular flexibility index (Phi) is 39.8. The number of aliphatic carboxylic acids is 3. The minimum Gasteiger partial charge on any atom is -0.481 e. The second-order valence-electron chi connectivity index (χ2n) is 29.8. The van der Waals surface area contributed by atoms with Gasteiger partial charge >= 0.3 is 17.9 Å². The van der Waals surface area contributed by atoms with Crippen LogP contribution in [0.4, 0.5) is 0 Å². The Morgan fingerprint density at radius 2 is 0.772 bits per heavy atom. The molecule has 0 spiro atoms. The summed E-state index contributed by atoms with van der Waals surface area (Å²) in [4.78, 5) is 233. The molecule has 3 aromatic rings. The number of amides is 14. The van der Waals surface area contributed by atoms with Crippen LogP contribution in [0.1, 0.15) is 156 Å². The van der Waals surface area contributed by atoms with Gasteiger partial charge in [0.25, 0.3) is 0 Å². The van der Waals surface area contributed by atoms with Gasteiger partial charge in [-0.3, -0.25) is 76.7 Å². The number of aliphatic hydroxyl groups is 1. The van der Waals surface area contributed by atoms with E-state index in [-0.39, 0.29) is 88.5 Å². The van der Waals surface area contributed by atoms with E-state index in [1.54, 1.807) is 139 Å². The van der Waals surface area contributed by atoms with Crippen molar-refractivity contribution in [1.29, 1.82) is 0 Å². The van der Waals surface area contributed by atoms with Gasteiger partial charge in [-0.25, -0.2) is 4.79 Å². The van der Waals surface area contributed by atoms with Crippen LogP contribution >= 0.6 is 0 Å². The van der Waals surface area contributed by atoms with Crippen molar-refractivity contribution in [3.63, 3.8) is 0 Å². The third kappa shape index (κ3) is 33.1. The quantitative estimate of drug-likeness (QED) is 0.0306. The van der Waals surface area contributed by atoms with Gasteiger partial charge < -0.3 is 101 Å². The fourth-order valence-corrected chi connectivity index (χ4v) is 12.6. The average Bonchev–Trinajstić information content (AvgIpc) is 1.60. The number of nitrogens with one attached hydrogen (secondary N) is 11. The zero-order valence-electron chi connectivity index (χ0n) is 65.6. The van der Waals surface area contributed by atoms with Gasteiger partial charge in [0.2, 0.25) is 82.7 Å². The van der Waals surface area contributed by atoms with E-state index in [1.807, 2.05) is 0 Å². The SMILES string of the molecule is CC[C@H](C)[C@H](NC(=O)[C@H](CC(N)=O)NC(=O)[C@H](CC(C)C)NC(=O)[C@@H]1CCCN1C(=O)[C@H](CCC(=O)O)NC(=O)[C@H](CCC(=O)O)NC(=O)[C@H](CC(C)C)NC(=O)[C@H](Cc1ccccc1)NC(=O)[C@H](Cc1ccccc1)NC(=O)[C@@H](N)Cc1ccccc1)C(=O)N[C@@H](CO)C(=O)N[C@@H](CC(C)C)C(=O)N[C@@H](CCC(N)=O)C(=O)O. The first-order valence-corrected chi connectivity index (χ1v) is 38.2. The molecule has 0 radical (unpaired) electrons. The van der Waals surface area contributed by atoms with Crippen LogP contribution in [-0.4, -0.2) is 218 Å². The lowest BCUT2D eigenvalue weighted by Crippen LogP contribution is -2.62. The zero-order chi connectivity index (χ0) is 85.1. The molecule has 626 valence electrons. The first-order valence-electron chi connectivity index (χ1n) is 38.2. The van der Waals surface area contributed by atoms with Crippen molar-refractivity contribution in [1.82, 2.24) is 63.4 Å². The van der Waals surface area contributed by atoms with E-state index in [4.69, 9.17) is 17.2 Å². The number of rotatable bonds is 50. The normalized spacial score (nSPS) is 16.0. The molecule has 1 heterocycles. The van der Waals surface area contributed by atoms with Gasteiger partial charge in [0, 0.05) is 38.6 Å². The predicted molar refractivity (Wildman–Crippen MR) is 413 cm³/mol. The minimum absolute atomic E-state index is 0.0304. The maximum atomic E-state index is 14.8. The molecular formula is C78H113N15O21. The Morgan fingerprint density at radius 1 is 0.412 bits per heavy atom. The minimum atomic E-state index is -1.85. The summed E-state index contributed by atoms with van der Waals surface area (Å²) in [5.41, 5.74) is 19.1. The zero-order valence-corrected chi connectivity index (χ0v) is 65.6. The average molecular weight is 1600 g/mol. The molecule has 1 fully saturated rings. The largest absolute Gasteiger partial charge is 0.481 e. The van der Waals surface area contributed by atoms with Crippen LogP contribution in [0.5, 0.6) is 0 Å². The second-order valence-corrected chi connectivity index (χ2v) is 29.8. The van der Waals surface area contributed by atoms with Crippen molar-refractivity contribution in [3.05, 3.63) is 108 Å². The number of carboxylic acid groups (broad SMARTS) is 3. The highest BCUT2D eigenvalue weighted by Crippen LogP contribution is 2.22. The number of nitrogens with two attached hydrogens (primary N) is 3. The van der Waals surface area contributed by atoms with E-state index in [0.717, 1.165) is 10.5 Å². The van der Waals surface area contributed by atoms with Crippen molar-refractivity contribution >= 4 is 101 Å². The number of likely N-dealkylation sites (tertiary alicyclic amines) is 1. The molecule has 4 rings (SSSR count). The fourth-order valence-electron chi connectivity index (χ4n) is 12.6. The van der Waals surface area contributed by atoms with E-state index in [2.05, 4.69) is 58.5 Å². The summed E-state index contributed by atoms with van der Waals surface area (Å²) in [7, 11) is 0. The fraction of sp³-hybridized carbons (Fsp3) is 0.551. The number of benzene rings is 3. The number of nitrogens with zero attached hydrogens (tertiary/aromatic N) is 1. The maximum Gasteiger partial charge on any atom is 0.326 e. The molecular weight excluding hydrogens is 1480 g/mol. The molecule has 3 aromatic carbocycles. The van der Waals surface area contributed by atoms with Crippen molar-refractivity contribution in [3.8, 4) is 0 Å². The second kappa shape index (κ2) is 47.8. The molecule has 1 saturated heterocycles. The summed E-state index contributed by atoms with van der Waals surface area (Å²) in [6.45, 7) is 12.1. The molecule has 0 bridgehead atoms. The highest BCUT2D eigenvalue weighted by atomic mass is 16.4. The first kappa shape index (κ1) is 94.9. The van der Waals surface area contributed by atoms with Gasteiger partial charge in [0.1, 0.15) is 72.5 Å². The van der Waals surface area contributed by atoms with Gasteiger partial charge in [-0.05, 0) is 98.1 Å². The van der Waals surface area contributed by atoms with Gasteiger partial charge in [0.05, 0.1) is 19.1 Å². The molecule has 1 aliphatic heterocycles. The molecule has 1 aliphatic rings. The summed E-state index contributed by atoms with van der Waals surface area (Å²) in [6.07, 6.45) is -4.43. The van der Waals surface area contributed by atoms with Gasteiger partial charge in [0.15, 0.2) is 0 Å². The summed E-state index contributed by atoms with van der Waals surface area (Å²) in [5, 5.41) is 67.5. The number of primary amides is 2. The van der Waals surface area contributed by atoms with Crippen molar-refractivity contribution in [2.45, 2.75) is 237 Å². The van der Waals surface area contributed by atoms with Crippen molar-refractivity contribution in [2.75, 3.05) is 13.2 Å². The topological polar surface area (TPSA) is 585 Å². The van der Waals surface area contributed by atoms with Crippen molar-refractivity contribution in [2.24, 2.45) is 40.9 Å². The Labute approximate surface area is 661 Å². The van der Waals surface area contributed by atoms with Gasteiger partial charge in [-0.1, -0.05) is 153 Å². The molecule has 114 heavy (non-hydrogen) atoms. The molecule has 0 saturated carbocycles. The summed E-state index contributed by atoms with van der Waals surface area (Å²) in [5.74, 6) is -19.9. The Hall–Kier alpha value is -11.4. The lowest BCUT2D eigenvalue weighted by Gasteiger charge is -2.31. The molecule has 36 heteroatoms. The third-order valence-corrected chi connectivity index (χ3v) is 18.8. The Bertz CT molecular complexity index is 3800. The molecule has 21 N–H and O–H groups in total. The maximum absolute atomic E-state index is 14.8. The van der Waals surface area contributed by atoms with E-state index in [9.17, 15) is 102 Å². The lowest BCUT2D eigenvalue weighted by atomic mass is 9.97. The molecule has 0 unspecified atom stereocenters. The molecule has 36 nitrogen and oxygen atoms in total. The lowest BCUT2D eigenvalue weighted by molar-refractivity contribution is -0.144. The van der Waals surface area contributed by atoms with Crippen molar-refractivity contribution < 1.29 is 102 Å². The summed E-state index contributed by atoms with van der Waals surface area (Å²) < 4.78 is 0. The number of carbonyl (C=O) groups excluding carboxylic acids is 14. The Balaban J connectivity index is 1.58. The van der Waals surface area contributed by atoms with Crippen LogP contribution in [-0.2, 0) is 101 Å². The van der Waals surface area contributed by atoms with Crippen LogP contribution in [0.25, 0.3) is 0 Å². The number of carbonyl (C=O) groups is 17. The van der Waals surface area contributed by atoms with Gasteiger partial charge in [-0.15, -0.1) is 0 Å². The first-order chi connectivity index (χ1) is 53.8. The number of hydrogen-bond acceptors (Lipinski definition) is 19. The van der Waals surface area contributed by atoms with E-state index < -0.39 is 230 Å². The standard InChI is InChI=1S/C78H113N15O21/c1-9-45(8)65(76(111)91-59(41-94)74(109)87-54(35-43(4)5)69(104)84-52(78(113)114)27-30-61(80)95)92-73(108)58(40-62(81)96)89-70(105)55(36-44(6)7)90-75(110)60-26-19-33-93(60)77(112)51(29-32-64(99)100)83-67(102)50(28-31-63(97)98)82-68(103)53(34-42(2)3)86-72(107)57(39-48-24-17-12-18-25-48)88-71(106)56(38-47-22-15-11-16-23-47)85-66(101)49(79)37-46-20-13-10-14-21-46/h10-18,20-25,42-45,49-60,65,94H,9,19,26-41,79H2,1-8H3,(H2,80,95)(H2,81,96)(H,82,103)(H,83,102)(H,84,104)(H,85,101)(H,86,107)(H,87,109)(H,88,106)(H,89,105)(H,90,110)(H,91,111)(H,92,108)(H,97,98)(H,99,100)(H,113,114)/t45-,49-,50-,51-,52-,53-,54-,55-,56-,57-,58-,59-,60-,65-/m0/s1. The van der Waals surface area contributed by atoms with Crippen LogP contribution in [0.15, 0.2) is 91.0 Å². The number of aliphatic hydroxyl groups excluding tert-OH is 1. The van der Waals surface area contributed by atoms with Crippen LogP contribution in [0.3, 0.4) is 0 Å². The smallest absolute Gasteiger partial charge is 0.326 e. The predicted octanol–water partition coefficient (Wildman–Crippen LogP) is -1.50.